The van der Waals surface area contributed by atoms with E-state index in [1.165, 1.54) is 53.5 Å². The van der Waals surface area contributed by atoms with Gasteiger partial charge in [0.1, 0.15) is 25.2 Å². The monoisotopic (exact) mass is 492 g/mol. The predicted octanol–water partition coefficient (Wildman–Crippen LogP) is 6.45. The van der Waals surface area contributed by atoms with Crippen LogP contribution in [0.5, 0.6) is 5.75 Å². The lowest BCUT2D eigenvalue weighted by atomic mass is 9.90. The minimum Gasteiger partial charge on any atom is -0.491 e. The summed E-state index contributed by atoms with van der Waals surface area (Å²) in [6.07, 6.45) is 14.2. The van der Waals surface area contributed by atoms with Crippen LogP contribution >= 0.6 is 0 Å². The first-order valence-electron chi connectivity index (χ1n) is 13.1. The number of carbonyl (C=O) groups is 1. The third-order valence-electron chi connectivity index (χ3n) is 6.27. The van der Waals surface area contributed by atoms with Crippen LogP contribution in [-0.2, 0) is 25.4 Å². The van der Waals surface area contributed by atoms with Gasteiger partial charge in [-0.25, -0.2) is 0 Å². The molecule has 3 rings (SSSR count). The van der Waals surface area contributed by atoms with Crippen molar-refractivity contribution in [2.45, 2.75) is 51.6 Å². The first-order chi connectivity index (χ1) is 17.7. The molecule has 2 aromatic carbocycles. The summed E-state index contributed by atoms with van der Waals surface area (Å²) in [5, 5.41) is 0. The summed E-state index contributed by atoms with van der Waals surface area (Å²) >= 11 is 0. The fraction of sp³-hybridized carbons (Fsp3) is 0.452. The molecule has 0 N–H and O–H groups in total. The minimum absolute atomic E-state index is 0.0472. The lowest BCUT2D eigenvalue weighted by Crippen LogP contribution is -2.15. The van der Waals surface area contributed by atoms with E-state index in [-0.39, 0.29) is 12.7 Å². The molecule has 194 valence electrons. The summed E-state index contributed by atoms with van der Waals surface area (Å²) in [5.41, 5.74) is 6.36. The Balaban J connectivity index is 1.69. The van der Waals surface area contributed by atoms with Gasteiger partial charge in [0.15, 0.2) is 0 Å². The molecule has 5 nitrogen and oxygen atoms in total. The van der Waals surface area contributed by atoms with E-state index in [9.17, 15) is 4.79 Å². The van der Waals surface area contributed by atoms with E-state index in [0.29, 0.717) is 26.4 Å². The lowest BCUT2D eigenvalue weighted by Gasteiger charge is -2.19. The molecule has 5 heteroatoms. The van der Waals surface area contributed by atoms with E-state index in [0.717, 1.165) is 24.9 Å². The van der Waals surface area contributed by atoms with Crippen molar-refractivity contribution in [3.8, 4) is 16.9 Å². The van der Waals surface area contributed by atoms with Gasteiger partial charge >= 0.3 is 0 Å². The van der Waals surface area contributed by atoms with Gasteiger partial charge in [-0.15, -0.1) is 0 Å². The highest BCUT2D eigenvalue weighted by atomic mass is 16.5. The van der Waals surface area contributed by atoms with E-state index >= 15 is 0 Å². The standard InChI is InChI=1S/C31H40O5/c1-3-4-5-6-7-28-24-27(25-8-13-29(14-9-25)36-23-21-34-19-18-32)12-17-31(28)26-10-15-30(16-11-26)35-22-20-33-2/h8-13,15-18,24,29H,3-7,14,19-23H2,1-2H3. The third kappa shape index (κ3) is 9.05. The van der Waals surface area contributed by atoms with E-state index in [4.69, 9.17) is 18.9 Å². The highest BCUT2D eigenvalue weighted by Crippen LogP contribution is 2.31. The van der Waals surface area contributed by atoms with Crippen molar-refractivity contribution < 1.29 is 23.7 Å². The Morgan fingerprint density at radius 3 is 2.50 bits per heavy atom. The molecular formula is C31H40O5. The second-order valence-electron chi connectivity index (χ2n) is 8.95. The highest BCUT2D eigenvalue weighted by Gasteiger charge is 2.13. The Morgan fingerprint density at radius 1 is 0.944 bits per heavy atom. The topological polar surface area (TPSA) is 54.0 Å². The molecule has 0 aliphatic heterocycles. The van der Waals surface area contributed by atoms with Crippen LogP contribution < -0.4 is 4.74 Å². The fourth-order valence-corrected chi connectivity index (χ4v) is 4.31. The van der Waals surface area contributed by atoms with Crippen molar-refractivity contribution in [1.82, 2.24) is 0 Å². The van der Waals surface area contributed by atoms with E-state index in [2.05, 4.69) is 55.5 Å². The predicted molar refractivity (Wildman–Crippen MR) is 145 cm³/mol. The van der Waals surface area contributed by atoms with Gasteiger partial charge in [0, 0.05) is 7.11 Å². The number of ether oxygens (including phenoxy) is 4. The van der Waals surface area contributed by atoms with Crippen LogP contribution in [0, 0.1) is 0 Å². The fourth-order valence-electron chi connectivity index (χ4n) is 4.31. The SMILES string of the molecule is CCCCCCc1cc(C2=CCC(OCCOCC=O)C=C2)ccc1-c1ccc(OCCOC)cc1. The number of unbranched alkanes of at least 4 members (excludes halogenated alkanes) is 3. The Bertz CT molecular complexity index is 977. The minimum atomic E-state index is 0.0472. The smallest absolute Gasteiger partial charge is 0.145 e. The Kier molecular flexibility index (Phi) is 12.5. The molecule has 0 fully saturated rings. The number of hydrogen-bond donors (Lipinski definition) is 0. The molecule has 2 aromatic rings. The molecule has 0 radical (unpaired) electrons. The Labute approximate surface area is 216 Å². The van der Waals surface area contributed by atoms with Gasteiger partial charge in [0.25, 0.3) is 0 Å². The Morgan fingerprint density at radius 2 is 1.78 bits per heavy atom. The molecule has 1 atom stereocenters. The first-order valence-corrected chi connectivity index (χ1v) is 13.1. The molecule has 0 heterocycles. The molecule has 1 unspecified atom stereocenters. The van der Waals surface area contributed by atoms with Crippen molar-refractivity contribution in [2.24, 2.45) is 0 Å². The number of hydrogen-bond acceptors (Lipinski definition) is 5. The highest BCUT2D eigenvalue weighted by molar-refractivity contribution is 5.78. The average Bonchev–Trinajstić information content (AvgIpc) is 2.92. The van der Waals surface area contributed by atoms with Crippen LogP contribution in [0.25, 0.3) is 16.7 Å². The number of carbonyl (C=O) groups excluding carboxylic acids is 1. The van der Waals surface area contributed by atoms with Crippen LogP contribution in [0.15, 0.2) is 60.7 Å². The van der Waals surface area contributed by atoms with Crippen LogP contribution in [-0.4, -0.2) is 52.5 Å². The third-order valence-corrected chi connectivity index (χ3v) is 6.27. The van der Waals surface area contributed by atoms with Crippen molar-refractivity contribution in [1.29, 1.82) is 0 Å². The lowest BCUT2D eigenvalue weighted by molar-refractivity contribution is -0.112. The molecule has 1 aliphatic carbocycles. The van der Waals surface area contributed by atoms with Gasteiger partial charge in [-0.05, 0) is 59.2 Å². The summed E-state index contributed by atoms with van der Waals surface area (Å²) in [4.78, 5) is 10.3. The molecule has 0 amide bonds. The van der Waals surface area contributed by atoms with Gasteiger partial charge in [-0.1, -0.05) is 74.7 Å². The summed E-state index contributed by atoms with van der Waals surface area (Å²) in [7, 11) is 1.68. The van der Waals surface area contributed by atoms with Crippen molar-refractivity contribution in [3.63, 3.8) is 0 Å². The zero-order valence-electron chi connectivity index (χ0n) is 21.7. The number of methoxy groups -OCH3 is 1. The van der Waals surface area contributed by atoms with Crippen molar-refractivity contribution in [2.75, 3.05) is 40.1 Å². The maximum atomic E-state index is 10.3. The maximum Gasteiger partial charge on any atom is 0.145 e. The van der Waals surface area contributed by atoms with Gasteiger partial charge in [0.2, 0.25) is 0 Å². The Hall–Kier alpha value is -2.73. The zero-order valence-corrected chi connectivity index (χ0v) is 21.7. The largest absolute Gasteiger partial charge is 0.491 e. The van der Waals surface area contributed by atoms with Crippen molar-refractivity contribution >= 4 is 11.9 Å². The van der Waals surface area contributed by atoms with Crippen LogP contribution in [0.3, 0.4) is 0 Å². The van der Waals surface area contributed by atoms with E-state index < -0.39 is 0 Å². The van der Waals surface area contributed by atoms with Gasteiger partial charge in [0.05, 0.1) is 25.9 Å². The zero-order chi connectivity index (χ0) is 25.4. The summed E-state index contributed by atoms with van der Waals surface area (Å²) < 4.78 is 21.8. The summed E-state index contributed by atoms with van der Waals surface area (Å²) in [6.45, 7) is 4.42. The second kappa shape index (κ2) is 16.1. The van der Waals surface area contributed by atoms with Gasteiger partial charge in [-0.3, -0.25) is 0 Å². The number of allylic oxidation sites excluding steroid dienone is 2. The van der Waals surface area contributed by atoms with E-state index in [1.54, 1.807) is 7.11 Å². The van der Waals surface area contributed by atoms with Crippen LogP contribution in [0.2, 0.25) is 0 Å². The average molecular weight is 493 g/mol. The molecule has 1 aliphatic rings. The molecule has 36 heavy (non-hydrogen) atoms. The second-order valence-corrected chi connectivity index (χ2v) is 8.95. The van der Waals surface area contributed by atoms with Crippen LogP contribution in [0.4, 0.5) is 0 Å². The molecular weight excluding hydrogens is 452 g/mol. The molecule has 0 bridgehead atoms. The number of benzene rings is 2. The number of rotatable bonds is 17. The molecule has 0 saturated carbocycles. The van der Waals surface area contributed by atoms with E-state index in [1.807, 2.05) is 12.1 Å². The van der Waals surface area contributed by atoms with Crippen molar-refractivity contribution in [3.05, 3.63) is 71.8 Å². The molecule has 0 spiro atoms. The summed E-state index contributed by atoms with van der Waals surface area (Å²) in [5.74, 6) is 0.862. The first kappa shape index (κ1) is 27.9. The number of aldehydes is 1. The normalized spacial score (nSPS) is 15.1. The number of aryl methyl sites for hydroxylation is 1. The van der Waals surface area contributed by atoms with Crippen LogP contribution in [0.1, 0.15) is 50.2 Å². The van der Waals surface area contributed by atoms with Gasteiger partial charge in [-0.2, -0.15) is 0 Å². The maximum absolute atomic E-state index is 10.3. The van der Waals surface area contributed by atoms with Gasteiger partial charge < -0.3 is 23.7 Å². The molecule has 0 saturated heterocycles. The molecule has 0 aromatic heterocycles. The quantitative estimate of drug-likeness (QED) is 0.188. The summed E-state index contributed by atoms with van der Waals surface area (Å²) in [6, 6.07) is 15.2.